The van der Waals surface area contributed by atoms with Crippen molar-refractivity contribution < 1.29 is 0 Å². The number of hydrazine groups is 1. The zero-order chi connectivity index (χ0) is 14.8. The largest absolute Gasteiger partial charge is 0.335 e. The molecule has 3 N–H and O–H groups in total. The van der Waals surface area contributed by atoms with E-state index >= 15 is 0 Å². The topological polar surface area (TPSA) is 97.8 Å². The lowest BCUT2D eigenvalue weighted by Gasteiger charge is -2.28. The zero-order valence-corrected chi connectivity index (χ0v) is 12.3. The van der Waals surface area contributed by atoms with Crippen molar-refractivity contribution >= 4 is 11.9 Å². The number of nitrogen functional groups attached to an aromatic ring is 1. The van der Waals surface area contributed by atoms with Crippen molar-refractivity contribution in [2.24, 2.45) is 5.84 Å². The highest BCUT2D eigenvalue weighted by atomic mass is 15.4. The molecule has 112 valence electrons. The summed E-state index contributed by atoms with van der Waals surface area (Å²) in [5.41, 5.74) is 2.52. The zero-order valence-electron chi connectivity index (χ0n) is 12.3. The first-order valence-electron chi connectivity index (χ1n) is 7.22. The maximum atomic E-state index is 5.50. The minimum Gasteiger partial charge on any atom is -0.335 e. The minimum atomic E-state index is 0.359. The molecule has 2 aromatic heterocycles. The standard InChI is InChI=1S/C13H20N8/c1-3-10-5-4-9(2)21(10)13-17-11(19-14)16-12(18-13)20-7-6-15-8-20/h6-10H,3-5,14H2,1-2H3,(H,16,17,18,19). The summed E-state index contributed by atoms with van der Waals surface area (Å²) in [4.78, 5) is 19.6. The van der Waals surface area contributed by atoms with Gasteiger partial charge in [-0.25, -0.2) is 10.8 Å². The van der Waals surface area contributed by atoms with Crippen molar-refractivity contribution in [3.63, 3.8) is 0 Å². The fourth-order valence-corrected chi connectivity index (χ4v) is 2.86. The van der Waals surface area contributed by atoms with Crippen LogP contribution in [-0.4, -0.2) is 36.6 Å². The number of imidazole rings is 1. The Labute approximate surface area is 123 Å². The number of anilines is 2. The summed E-state index contributed by atoms with van der Waals surface area (Å²) in [6.07, 6.45) is 8.52. The molecule has 1 saturated heterocycles. The van der Waals surface area contributed by atoms with E-state index in [2.05, 4.69) is 44.1 Å². The van der Waals surface area contributed by atoms with Gasteiger partial charge >= 0.3 is 0 Å². The Morgan fingerprint density at radius 2 is 2.10 bits per heavy atom. The smallest absolute Gasteiger partial charge is 0.243 e. The lowest BCUT2D eigenvalue weighted by Crippen LogP contribution is -2.36. The van der Waals surface area contributed by atoms with Crippen LogP contribution in [0.25, 0.3) is 5.95 Å². The first-order chi connectivity index (χ1) is 10.2. The first kappa shape index (κ1) is 13.7. The van der Waals surface area contributed by atoms with Crippen LogP contribution in [0, 0.1) is 0 Å². The minimum absolute atomic E-state index is 0.359. The maximum absolute atomic E-state index is 5.50. The molecule has 0 amide bonds. The summed E-state index contributed by atoms with van der Waals surface area (Å²) < 4.78 is 1.74. The fourth-order valence-electron chi connectivity index (χ4n) is 2.86. The van der Waals surface area contributed by atoms with Crippen LogP contribution in [0.3, 0.4) is 0 Å². The molecule has 8 nitrogen and oxygen atoms in total. The lowest BCUT2D eigenvalue weighted by molar-refractivity contribution is 0.610. The van der Waals surface area contributed by atoms with Crippen molar-refractivity contribution in [1.29, 1.82) is 0 Å². The van der Waals surface area contributed by atoms with Gasteiger partial charge < -0.3 is 4.90 Å². The molecule has 1 aliphatic heterocycles. The van der Waals surface area contributed by atoms with Crippen LogP contribution in [0.2, 0.25) is 0 Å². The summed E-state index contributed by atoms with van der Waals surface area (Å²) in [6.45, 7) is 4.39. The summed E-state index contributed by atoms with van der Waals surface area (Å²) in [5.74, 6) is 7.03. The van der Waals surface area contributed by atoms with Crippen LogP contribution in [0.15, 0.2) is 18.7 Å². The van der Waals surface area contributed by atoms with Gasteiger partial charge in [-0.05, 0) is 26.2 Å². The van der Waals surface area contributed by atoms with Gasteiger partial charge in [-0.1, -0.05) is 6.92 Å². The maximum Gasteiger partial charge on any atom is 0.243 e. The molecule has 2 unspecified atom stereocenters. The number of nitrogens with two attached hydrogens (primary N) is 1. The quantitative estimate of drug-likeness (QED) is 0.642. The molecule has 0 aliphatic carbocycles. The molecule has 1 fully saturated rings. The Kier molecular flexibility index (Phi) is 3.70. The Morgan fingerprint density at radius 3 is 2.76 bits per heavy atom. The number of hydrogen-bond acceptors (Lipinski definition) is 7. The van der Waals surface area contributed by atoms with Gasteiger partial charge in [0.05, 0.1) is 0 Å². The average Bonchev–Trinajstić information content (AvgIpc) is 3.15. The Balaban J connectivity index is 2.03. The van der Waals surface area contributed by atoms with Gasteiger partial charge in [0, 0.05) is 24.5 Å². The second-order valence-corrected chi connectivity index (χ2v) is 5.27. The Bertz CT molecular complexity index is 596. The van der Waals surface area contributed by atoms with E-state index in [1.54, 1.807) is 23.3 Å². The van der Waals surface area contributed by atoms with Gasteiger partial charge in [-0.3, -0.25) is 9.99 Å². The van der Waals surface area contributed by atoms with E-state index in [0.717, 1.165) is 19.3 Å². The second-order valence-electron chi connectivity index (χ2n) is 5.27. The van der Waals surface area contributed by atoms with Crippen LogP contribution in [-0.2, 0) is 0 Å². The van der Waals surface area contributed by atoms with Crippen LogP contribution >= 0.6 is 0 Å². The summed E-state index contributed by atoms with van der Waals surface area (Å²) >= 11 is 0. The van der Waals surface area contributed by atoms with E-state index in [-0.39, 0.29) is 0 Å². The molecule has 0 radical (unpaired) electrons. The number of nitrogens with one attached hydrogen (secondary N) is 1. The van der Waals surface area contributed by atoms with Gasteiger partial charge in [0.25, 0.3) is 0 Å². The van der Waals surface area contributed by atoms with Gasteiger partial charge in [0.1, 0.15) is 6.33 Å². The molecule has 0 spiro atoms. The second kappa shape index (κ2) is 5.65. The third kappa shape index (κ3) is 2.54. The summed E-state index contributed by atoms with van der Waals surface area (Å²) in [7, 11) is 0. The molecule has 3 rings (SSSR count). The number of hydrogen-bond donors (Lipinski definition) is 2. The van der Waals surface area contributed by atoms with Crippen LogP contribution in [0.5, 0.6) is 0 Å². The highest BCUT2D eigenvalue weighted by molar-refractivity contribution is 5.42. The molecule has 2 atom stereocenters. The van der Waals surface area contributed by atoms with E-state index in [4.69, 9.17) is 5.84 Å². The van der Waals surface area contributed by atoms with Crippen LogP contribution in [0.1, 0.15) is 33.1 Å². The van der Waals surface area contributed by atoms with Crippen molar-refractivity contribution in [3.8, 4) is 5.95 Å². The number of aromatic nitrogens is 5. The molecule has 1 aliphatic rings. The molecule has 0 saturated carbocycles. The van der Waals surface area contributed by atoms with E-state index in [0.29, 0.717) is 29.9 Å². The number of rotatable bonds is 4. The van der Waals surface area contributed by atoms with Gasteiger partial charge in [-0.2, -0.15) is 15.0 Å². The van der Waals surface area contributed by atoms with E-state index < -0.39 is 0 Å². The predicted octanol–water partition coefficient (Wildman–Crippen LogP) is 1.11. The molecule has 0 bridgehead atoms. The van der Waals surface area contributed by atoms with E-state index in [9.17, 15) is 0 Å². The molecular formula is C13H20N8. The Hall–Kier alpha value is -2.22. The number of nitrogens with zero attached hydrogens (tertiary/aromatic N) is 6. The van der Waals surface area contributed by atoms with E-state index in [1.807, 2.05) is 0 Å². The predicted molar refractivity (Wildman–Crippen MR) is 80.0 cm³/mol. The van der Waals surface area contributed by atoms with Crippen molar-refractivity contribution in [3.05, 3.63) is 18.7 Å². The normalized spacial score (nSPS) is 21.8. The molecule has 3 heterocycles. The van der Waals surface area contributed by atoms with E-state index in [1.165, 1.54) is 0 Å². The van der Waals surface area contributed by atoms with Gasteiger partial charge in [0.2, 0.25) is 17.8 Å². The van der Waals surface area contributed by atoms with Crippen LogP contribution in [0.4, 0.5) is 11.9 Å². The average molecular weight is 288 g/mol. The monoisotopic (exact) mass is 288 g/mol. The lowest BCUT2D eigenvalue weighted by atomic mass is 10.2. The third-order valence-electron chi connectivity index (χ3n) is 3.96. The summed E-state index contributed by atoms with van der Waals surface area (Å²) in [5, 5.41) is 0. The first-order valence-corrected chi connectivity index (χ1v) is 7.22. The van der Waals surface area contributed by atoms with Crippen molar-refractivity contribution in [2.45, 2.75) is 45.2 Å². The molecule has 21 heavy (non-hydrogen) atoms. The van der Waals surface area contributed by atoms with Gasteiger partial charge in [0.15, 0.2) is 0 Å². The fraction of sp³-hybridized carbons (Fsp3) is 0.538. The highest BCUT2D eigenvalue weighted by Gasteiger charge is 2.32. The molecular weight excluding hydrogens is 268 g/mol. The molecule has 2 aromatic rings. The molecule has 8 heteroatoms. The Morgan fingerprint density at radius 1 is 1.29 bits per heavy atom. The SMILES string of the molecule is CCC1CCC(C)N1c1nc(NN)nc(-n2ccnc2)n1. The van der Waals surface area contributed by atoms with Gasteiger partial charge in [-0.15, -0.1) is 0 Å². The van der Waals surface area contributed by atoms with Crippen LogP contribution < -0.4 is 16.2 Å². The molecule has 0 aromatic carbocycles. The third-order valence-corrected chi connectivity index (χ3v) is 3.96. The van der Waals surface area contributed by atoms with Crippen molar-refractivity contribution in [1.82, 2.24) is 24.5 Å². The summed E-state index contributed by atoms with van der Waals surface area (Å²) in [6, 6.07) is 0.877. The highest BCUT2D eigenvalue weighted by Crippen LogP contribution is 2.30. The van der Waals surface area contributed by atoms with Crippen molar-refractivity contribution in [2.75, 3.05) is 10.3 Å².